The molecule has 0 radical (unpaired) electrons. The largest absolute Gasteiger partial charge is 0.504 e. The molecule has 2 aromatic carbocycles. The van der Waals surface area contributed by atoms with Gasteiger partial charge >= 0.3 is 5.97 Å². The number of aromatic hydroxyl groups is 2. The van der Waals surface area contributed by atoms with Gasteiger partial charge in [0.1, 0.15) is 24.4 Å². The second-order valence-corrected chi connectivity index (χ2v) is 10.8. The molecule has 13 nitrogen and oxygen atoms in total. The van der Waals surface area contributed by atoms with Crippen LogP contribution in [0, 0.1) is 11.8 Å². The van der Waals surface area contributed by atoms with Crippen molar-refractivity contribution in [2.45, 2.75) is 55.9 Å². The van der Waals surface area contributed by atoms with Gasteiger partial charge in [0.05, 0.1) is 32.3 Å². The number of carbonyl (C=O) groups is 1. The number of methoxy groups -OCH3 is 1. The number of cyclic esters (lactones) is 1. The topological polar surface area (TPSA) is 172 Å². The number of fused-ring (bicyclic) bond motifs is 4. The normalized spacial score (nSPS) is 37.1. The lowest BCUT2D eigenvalue weighted by Crippen LogP contribution is -2.63. The molecule has 3 fully saturated rings. The summed E-state index contributed by atoms with van der Waals surface area (Å²) in [6.45, 7) is 1.85. The molecule has 5 aliphatic rings. The highest BCUT2D eigenvalue weighted by Crippen LogP contribution is 2.57. The van der Waals surface area contributed by atoms with E-state index in [4.69, 9.17) is 37.9 Å². The molecule has 0 spiro atoms. The minimum atomic E-state index is -1.45. The molecule has 0 amide bonds. The highest BCUT2D eigenvalue weighted by Gasteiger charge is 2.56. The van der Waals surface area contributed by atoms with E-state index in [-0.39, 0.29) is 25.8 Å². The average Bonchev–Trinajstić information content (AvgIpc) is 3.58. The zero-order valence-corrected chi connectivity index (χ0v) is 22.2. The lowest BCUT2D eigenvalue weighted by Gasteiger charge is -2.47. The summed E-state index contributed by atoms with van der Waals surface area (Å²) >= 11 is 0. The monoisotopic (exact) mass is 574 g/mol. The first-order chi connectivity index (χ1) is 19.7. The molecule has 7 rings (SSSR count). The lowest BCUT2D eigenvalue weighted by molar-refractivity contribution is -0.364. The Morgan fingerprint density at radius 1 is 0.927 bits per heavy atom. The molecule has 41 heavy (non-hydrogen) atoms. The number of aliphatic hydroxyl groups excluding tert-OH is 2. The van der Waals surface area contributed by atoms with Crippen molar-refractivity contribution in [2.75, 3.05) is 27.1 Å². The minimum absolute atomic E-state index is 0.00920. The number of phenolic OH excluding ortho intramolecular Hbond substituents is 2. The van der Waals surface area contributed by atoms with Crippen molar-refractivity contribution in [3.05, 3.63) is 41.0 Å². The van der Waals surface area contributed by atoms with Gasteiger partial charge in [-0.05, 0) is 47.9 Å². The maximum absolute atomic E-state index is 13.3. The summed E-state index contributed by atoms with van der Waals surface area (Å²) in [5.41, 5.74) is 1.76. The van der Waals surface area contributed by atoms with Gasteiger partial charge in [-0.1, -0.05) is 0 Å². The van der Waals surface area contributed by atoms with E-state index in [2.05, 4.69) is 0 Å². The van der Waals surface area contributed by atoms with Gasteiger partial charge in [-0.25, -0.2) is 0 Å². The minimum Gasteiger partial charge on any atom is -0.504 e. The number of aliphatic hydroxyl groups is 2. The fourth-order valence-corrected chi connectivity index (χ4v) is 6.59. The predicted molar refractivity (Wildman–Crippen MR) is 133 cm³/mol. The summed E-state index contributed by atoms with van der Waals surface area (Å²) in [5, 5.41) is 42.6. The second-order valence-electron chi connectivity index (χ2n) is 10.8. The van der Waals surface area contributed by atoms with Crippen molar-refractivity contribution in [1.82, 2.24) is 0 Å². The summed E-state index contributed by atoms with van der Waals surface area (Å²) in [7, 11) is 1.36. The van der Waals surface area contributed by atoms with Crippen LogP contribution in [0.15, 0.2) is 24.3 Å². The maximum Gasteiger partial charge on any atom is 0.310 e. The molecular formula is C28H30O13. The van der Waals surface area contributed by atoms with Crippen molar-refractivity contribution >= 4 is 5.97 Å². The number of ether oxygens (including phenoxy) is 8. The number of hydrogen-bond donors (Lipinski definition) is 4. The van der Waals surface area contributed by atoms with E-state index in [0.29, 0.717) is 28.2 Å². The maximum atomic E-state index is 13.3. The Morgan fingerprint density at radius 3 is 2.44 bits per heavy atom. The van der Waals surface area contributed by atoms with Gasteiger partial charge in [0.25, 0.3) is 0 Å². The fourth-order valence-electron chi connectivity index (χ4n) is 6.59. The molecule has 13 heteroatoms. The zero-order chi connectivity index (χ0) is 28.6. The van der Waals surface area contributed by atoms with Crippen LogP contribution < -0.4 is 14.2 Å². The van der Waals surface area contributed by atoms with Crippen molar-refractivity contribution in [2.24, 2.45) is 11.8 Å². The number of benzene rings is 2. The van der Waals surface area contributed by atoms with Gasteiger partial charge in [-0.15, -0.1) is 0 Å². The molecule has 3 saturated heterocycles. The Labute approximate surface area is 234 Å². The molecule has 0 saturated carbocycles. The quantitative estimate of drug-likeness (QED) is 0.302. The van der Waals surface area contributed by atoms with Gasteiger partial charge in [-0.3, -0.25) is 4.79 Å². The van der Waals surface area contributed by atoms with E-state index in [1.807, 2.05) is 0 Å². The van der Waals surface area contributed by atoms with Crippen LogP contribution in [0.4, 0.5) is 0 Å². The molecule has 4 aliphatic heterocycles. The van der Waals surface area contributed by atoms with Crippen LogP contribution in [-0.2, 0) is 28.5 Å². The first-order valence-corrected chi connectivity index (χ1v) is 13.4. The Balaban J connectivity index is 1.31. The van der Waals surface area contributed by atoms with Crippen molar-refractivity contribution < 1.29 is 63.1 Å². The molecule has 220 valence electrons. The third kappa shape index (κ3) is 4.18. The molecule has 2 aromatic rings. The van der Waals surface area contributed by atoms with Gasteiger partial charge in [0, 0.05) is 11.8 Å². The number of esters is 1. The van der Waals surface area contributed by atoms with Crippen LogP contribution in [-0.4, -0.2) is 90.5 Å². The molecule has 0 bridgehead atoms. The summed E-state index contributed by atoms with van der Waals surface area (Å²) in [6, 6.07) is 6.46. The first kappa shape index (κ1) is 26.6. The Kier molecular flexibility index (Phi) is 6.41. The Hall–Kier alpha value is -3.33. The van der Waals surface area contributed by atoms with Gasteiger partial charge in [0.15, 0.2) is 35.6 Å². The summed E-state index contributed by atoms with van der Waals surface area (Å²) in [4.78, 5) is 13.3. The van der Waals surface area contributed by atoms with E-state index >= 15 is 0 Å². The summed E-state index contributed by atoms with van der Waals surface area (Å²) in [6.07, 6.45) is -6.91. The SMILES string of the molecule is COc1cc([C@@H]2c3cc4c(cc3[C@@H](O[C@H]3O[C@H]5CO[C@H](C)O[C@@H]5[C@@H](O)[C@@H]3O)[C@H]3COC(=O)[C@H]23)OCO4)cc(O)c1O. The van der Waals surface area contributed by atoms with Crippen LogP contribution in [0.2, 0.25) is 0 Å². The number of phenols is 2. The third-order valence-corrected chi connectivity index (χ3v) is 8.54. The van der Waals surface area contributed by atoms with Crippen LogP contribution in [0.25, 0.3) is 0 Å². The van der Waals surface area contributed by atoms with Crippen LogP contribution in [0.1, 0.15) is 35.6 Å². The molecule has 4 heterocycles. The van der Waals surface area contributed by atoms with Crippen LogP contribution >= 0.6 is 0 Å². The predicted octanol–water partition coefficient (Wildman–Crippen LogP) is 1.04. The van der Waals surface area contributed by atoms with Gasteiger partial charge < -0.3 is 58.3 Å². The molecular weight excluding hydrogens is 544 g/mol. The number of rotatable bonds is 4. The van der Waals surface area contributed by atoms with E-state index in [9.17, 15) is 25.2 Å². The smallest absolute Gasteiger partial charge is 0.310 e. The third-order valence-electron chi connectivity index (χ3n) is 8.54. The van der Waals surface area contributed by atoms with E-state index < -0.39 is 78.3 Å². The fraction of sp³-hybridized carbons (Fsp3) is 0.536. The average molecular weight is 575 g/mol. The highest BCUT2D eigenvalue weighted by molar-refractivity contribution is 5.79. The van der Waals surface area contributed by atoms with Crippen LogP contribution in [0.5, 0.6) is 28.7 Å². The Morgan fingerprint density at radius 2 is 1.68 bits per heavy atom. The first-order valence-electron chi connectivity index (χ1n) is 13.4. The van der Waals surface area contributed by atoms with Crippen LogP contribution in [0.3, 0.4) is 0 Å². The van der Waals surface area contributed by atoms with Crippen molar-refractivity contribution in [1.29, 1.82) is 0 Å². The van der Waals surface area contributed by atoms with Gasteiger partial charge in [-0.2, -0.15) is 0 Å². The molecule has 4 N–H and O–H groups in total. The highest BCUT2D eigenvalue weighted by atomic mass is 16.8. The molecule has 1 aliphatic carbocycles. The molecule has 0 unspecified atom stereocenters. The molecule has 0 aromatic heterocycles. The van der Waals surface area contributed by atoms with E-state index in [1.54, 1.807) is 25.1 Å². The van der Waals surface area contributed by atoms with E-state index in [1.165, 1.54) is 13.2 Å². The van der Waals surface area contributed by atoms with Crippen molar-refractivity contribution in [3.8, 4) is 28.7 Å². The summed E-state index contributed by atoms with van der Waals surface area (Å²) in [5.74, 6) is -2.30. The standard InChI is InChI=1S/C28H30O13/c1-10-35-8-19-26(39-10)23(31)24(32)28(40-19)41-25-13-6-17-16(37-9-38-17)5-12(13)20(21-14(25)7-36-27(21)33)11-3-15(29)22(30)18(4-11)34-2/h3-6,10,14,19-21,23-26,28-32H,7-9H2,1-2H3/t10-,14-,19-,20+,21-,23-,24-,25+,26-,28+/m0/s1. The van der Waals surface area contributed by atoms with Gasteiger partial charge in [0.2, 0.25) is 12.5 Å². The van der Waals surface area contributed by atoms with E-state index in [0.717, 1.165) is 0 Å². The molecule has 10 atom stereocenters. The zero-order valence-electron chi connectivity index (χ0n) is 22.2. The lowest BCUT2D eigenvalue weighted by atomic mass is 9.66. The summed E-state index contributed by atoms with van der Waals surface area (Å²) < 4.78 is 45.7. The Bertz CT molecular complexity index is 1360. The van der Waals surface area contributed by atoms with Crippen molar-refractivity contribution in [3.63, 3.8) is 0 Å². The number of carbonyl (C=O) groups excluding carboxylic acids is 1. The number of hydrogen-bond acceptors (Lipinski definition) is 13. The second kappa shape index (κ2) is 9.89.